The van der Waals surface area contributed by atoms with Crippen LogP contribution in [0.2, 0.25) is 0 Å². The summed E-state index contributed by atoms with van der Waals surface area (Å²) in [6.45, 7) is 0.520. The van der Waals surface area contributed by atoms with E-state index >= 15 is 0 Å². The first-order valence-electron chi connectivity index (χ1n) is 9.28. The van der Waals surface area contributed by atoms with E-state index in [2.05, 4.69) is 26.8 Å². The van der Waals surface area contributed by atoms with Crippen molar-refractivity contribution in [2.24, 2.45) is 0 Å². The van der Waals surface area contributed by atoms with Crippen LogP contribution in [0.15, 0.2) is 77.3 Å². The van der Waals surface area contributed by atoms with E-state index in [-0.39, 0.29) is 0 Å². The number of carbonyl (C=O) groups is 2. The summed E-state index contributed by atoms with van der Waals surface area (Å²) in [6.07, 6.45) is 0.785. The van der Waals surface area contributed by atoms with Gasteiger partial charge in [0.05, 0.1) is 18.2 Å². The number of rotatable bonds is 7. The van der Waals surface area contributed by atoms with Crippen molar-refractivity contribution in [3.63, 3.8) is 0 Å². The monoisotopic (exact) mass is 468 g/mol. The van der Waals surface area contributed by atoms with Crippen molar-refractivity contribution < 1.29 is 19.1 Å². The van der Waals surface area contributed by atoms with Gasteiger partial charge in [0.25, 0.3) is 11.8 Å². The van der Waals surface area contributed by atoms with Gasteiger partial charge in [0, 0.05) is 17.5 Å². The van der Waals surface area contributed by atoms with Gasteiger partial charge in [0.2, 0.25) is 0 Å². The van der Waals surface area contributed by atoms with Crippen molar-refractivity contribution in [1.29, 1.82) is 0 Å². The molecule has 0 aliphatic carbocycles. The van der Waals surface area contributed by atoms with Crippen LogP contribution in [0.3, 0.4) is 0 Å². The SMILES string of the molecule is COc1ccc(C(=O)NNC(=O)c2ccc(OCCc3ccccc3)c(Br)c2)cc1. The number of methoxy groups -OCH3 is 1. The molecule has 0 saturated carbocycles. The van der Waals surface area contributed by atoms with Gasteiger partial charge in [0.15, 0.2) is 0 Å². The molecule has 0 aromatic heterocycles. The Morgan fingerprint density at radius 3 is 2.13 bits per heavy atom. The minimum absolute atomic E-state index is 0.382. The quantitative estimate of drug-likeness (QED) is 0.510. The average Bonchev–Trinajstić information content (AvgIpc) is 2.79. The van der Waals surface area contributed by atoms with Gasteiger partial charge in [-0.1, -0.05) is 30.3 Å². The van der Waals surface area contributed by atoms with E-state index in [0.29, 0.717) is 33.7 Å². The number of amides is 2. The molecule has 0 saturated heterocycles. The molecule has 0 atom stereocenters. The van der Waals surface area contributed by atoms with Crippen LogP contribution < -0.4 is 20.3 Å². The maximum atomic E-state index is 12.3. The Hall–Kier alpha value is -3.32. The van der Waals surface area contributed by atoms with Gasteiger partial charge in [-0.2, -0.15) is 0 Å². The topological polar surface area (TPSA) is 76.7 Å². The van der Waals surface area contributed by atoms with Gasteiger partial charge in [-0.25, -0.2) is 0 Å². The molecule has 0 radical (unpaired) electrons. The van der Waals surface area contributed by atoms with Crippen LogP contribution in [0.4, 0.5) is 0 Å². The Kier molecular flexibility index (Phi) is 7.45. The lowest BCUT2D eigenvalue weighted by molar-refractivity contribution is 0.0846. The zero-order valence-corrected chi connectivity index (χ0v) is 17.9. The fourth-order valence-electron chi connectivity index (χ4n) is 2.68. The molecular weight excluding hydrogens is 448 g/mol. The highest BCUT2D eigenvalue weighted by Crippen LogP contribution is 2.26. The highest BCUT2D eigenvalue weighted by atomic mass is 79.9. The summed E-state index contributed by atoms with van der Waals surface area (Å²) in [5.74, 6) is 0.426. The van der Waals surface area contributed by atoms with Crippen molar-refractivity contribution in [3.8, 4) is 11.5 Å². The summed E-state index contributed by atoms with van der Waals surface area (Å²) in [6, 6.07) is 21.6. The summed E-state index contributed by atoms with van der Waals surface area (Å²) in [5, 5.41) is 0. The van der Waals surface area contributed by atoms with Crippen molar-refractivity contribution in [2.45, 2.75) is 6.42 Å². The molecule has 0 spiro atoms. The normalized spacial score (nSPS) is 10.2. The number of hydrogen-bond acceptors (Lipinski definition) is 4. The Labute approximate surface area is 183 Å². The van der Waals surface area contributed by atoms with Crippen LogP contribution in [0.25, 0.3) is 0 Å². The number of carbonyl (C=O) groups excluding carboxylic acids is 2. The summed E-state index contributed by atoms with van der Waals surface area (Å²) < 4.78 is 11.5. The van der Waals surface area contributed by atoms with E-state index < -0.39 is 11.8 Å². The summed E-state index contributed by atoms with van der Waals surface area (Å²) >= 11 is 3.43. The Bertz CT molecular complexity index is 1010. The molecule has 0 unspecified atom stereocenters. The van der Waals surface area contributed by atoms with E-state index in [0.717, 1.165) is 6.42 Å². The molecule has 0 heterocycles. The highest BCUT2D eigenvalue weighted by molar-refractivity contribution is 9.10. The van der Waals surface area contributed by atoms with Gasteiger partial charge < -0.3 is 9.47 Å². The molecule has 3 rings (SSSR count). The minimum Gasteiger partial charge on any atom is -0.497 e. The van der Waals surface area contributed by atoms with E-state index in [1.807, 2.05) is 30.3 Å². The van der Waals surface area contributed by atoms with Crippen LogP contribution in [-0.4, -0.2) is 25.5 Å². The number of benzene rings is 3. The molecule has 3 aromatic rings. The Morgan fingerprint density at radius 2 is 1.50 bits per heavy atom. The first kappa shape index (κ1) is 21.4. The van der Waals surface area contributed by atoms with Gasteiger partial charge in [0.1, 0.15) is 11.5 Å². The molecule has 2 amide bonds. The van der Waals surface area contributed by atoms with Crippen molar-refractivity contribution in [3.05, 3.63) is 94.0 Å². The summed E-state index contributed by atoms with van der Waals surface area (Å²) in [5.41, 5.74) is 6.78. The number of nitrogens with one attached hydrogen (secondary N) is 2. The zero-order chi connectivity index (χ0) is 21.3. The maximum Gasteiger partial charge on any atom is 0.269 e. The second kappa shape index (κ2) is 10.5. The van der Waals surface area contributed by atoms with Crippen LogP contribution in [0, 0.1) is 0 Å². The summed E-state index contributed by atoms with van der Waals surface area (Å²) in [4.78, 5) is 24.5. The molecular formula is C23H21BrN2O4. The number of halogens is 1. The Morgan fingerprint density at radius 1 is 0.867 bits per heavy atom. The van der Waals surface area contributed by atoms with Gasteiger partial charge in [-0.3, -0.25) is 20.4 Å². The first-order valence-corrected chi connectivity index (χ1v) is 10.1. The predicted octanol–water partition coefficient (Wildman–Crippen LogP) is 4.15. The predicted molar refractivity (Wildman–Crippen MR) is 118 cm³/mol. The molecule has 154 valence electrons. The van der Waals surface area contributed by atoms with Crippen LogP contribution in [0.5, 0.6) is 11.5 Å². The van der Waals surface area contributed by atoms with Crippen molar-refractivity contribution in [1.82, 2.24) is 10.9 Å². The largest absolute Gasteiger partial charge is 0.497 e. The molecule has 30 heavy (non-hydrogen) atoms. The average molecular weight is 469 g/mol. The molecule has 0 aliphatic heterocycles. The lowest BCUT2D eigenvalue weighted by Crippen LogP contribution is -2.41. The second-order valence-corrected chi connectivity index (χ2v) is 7.22. The third kappa shape index (κ3) is 5.84. The number of ether oxygens (including phenoxy) is 2. The number of hydrogen-bond donors (Lipinski definition) is 2. The molecule has 0 aliphatic rings. The van der Waals surface area contributed by atoms with Crippen molar-refractivity contribution in [2.75, 3.05) is 13.7 Å². The molecule has 0 fully saturated rings. The fraction of sp³-hybridized carbons (Fsp3) is 0.130. The van der Waals surface area contributed by atoms with E-state index in [4.69, 9.17) is 9.47 Å². The molecule has 0 bridgehead atoms. The van der Waals surface area contributed by atoms with Crippen LogP contribution in [-0.2, 0) is 6.42 Å². The summed E-state index contributed by atoms with van der Waals surface area (Å²) in [7, 11) is 1.55. The first-order chi connectivity index (χ1) is 14.6. The maximum absolute atomic E-state index is 12.3. The van der Waals surface area contributed by atoms with E-state index in [1.54, 1.807) is 49.6 Å². The highest BCUT2D eigenvalue weighted by Gasteiger charge is 2.12. The molecule has 6 nitrogen and oxygen atoms in total. The lowest BCUT2D eigenvalue weighted by atomic mass is 10.2. The van der Waals surface area contributed by atoms with Crippen molar-refractivity contribution >= 4 is 27.7 Å². The zero-order valence-electron chi connectivity index (χ0n) is 16.4. The van der Waals surface area contributed by atoms with E-state index in [9.17, 15) is 9.59 Å². The fourth-order valence-corrected chi connectivity index (χ4v) is 3.18. The van der Waals surface area contributed by atoms with Crippen LogP contribution >= 0.6 is 15.9 Å². The molecule has 3 aromatic carbocycles. The minimum atomic E-state index is -0.437. The second-order valence-electron chi connectivity index (χ2n) is 6.37. The third-order valence-electron chi connectivity index (χ3n) is 4.33. The van der Waals surface area contributed by atoms with Gasteiger partial charge in [-0.15, -0.1) is 0 Å². The lowest BCUT2D eigenvalue weighted by Gasteiger charge is -2.11. The standard InChI is InChI=1S/C23H21BrN2O4/c1-29-19-10-7-17(8-11-19)22(27)25-26-23(28)18-9-12-21(20(24)15-18)30-14-13-16-5-3-2-4-6-16/h2-12,15H,13-14H2,1H3,(H,25,27)(H,26,28). The third-order valence-corrected chi connectivity index (χ3v) is 4.95. The smallest absolute Gasteiger partial charge is 0.269 e. The van der Waals surface area contributed by atoms with Crippen LogP contribution in [0.1, 0.15) is 26.3 Å². The molecule has 7 heteroatoms. The molecule has 2 N–H and O–H groups in total. The Balaban J connectivity index is 1.51. The van der Waals surface area contributed by atoms with Gasteiger partial charge >= 0.3 is 0 Å². The van der Waals surface area contributed by atoms with E-state index in [1.165, 1.54) is 5.56 Å². The number of hydrazine groups is 1. The van der Waals surface area contributed by atoms with Gasteiger partial charge in [-0.05, 0) is 64.0 Å².